The fraction of sp³-hybridized carbons (Fsp3) is 0.333. The first-order valence-corrected chi connectivity index (χ1v) is 9.93. The molecule has 1 saturated heterocycles. The second-order valence-electron chi connectivity index (χ2n) is 6.33. The van der Waals surface area contributed by atoms with Crippen LogP contribution in [0.1, 0.15) is 6.92 Å². The largest absolute Gasteiger partial charge is 0.495 e. The van der Waals surface area contributed by atoms with E-state index in [-0.39, 0.29) is 4.90 Å². The zero-order chi connectivity index (χ0) is 18.7. The fourth-order valence-corrected chi connectivity index (χ4v) is 4.18. The van der Waals surface area contributed by atoms with Gasteiger partial charge in [0.1, 0.15) is 5.75 Å². The predicted octanol–water partition coefficient (Wildman–Crippen LogP) is 1.88. The fourth-order valence-electron chi connectivity index (χ4n) is 3.07. The molecule has 0 radical (unpaired) electrons. The van der Waals surface area contributed by atoms with E-state index in [1.807, 2.05) is 0 Å². The summed E-state index contributed by atoms with van der Waals surface area (Å²) in [5.41, 5.74) is 7.85. The molecule has 1 heterocycles. The first-order chi connectivity index (χ1) is 12.4. The van der Waals surface area contributed by atoms with Crippen LogP contribution >= 0.6 is 0 Å². The van der Waals surface area contributed by atoms with Gasteiger partial charge in [0.25, 0.3) is 10.0 Å². The summed E-state index contributed by atoms with van der Waals surface area (Å²) in [6.45, 7) is 4.64. The van der Waals surface area contributed by atoms with E-state index in [0.29, 0.717) is 23.2 Å². The molecule has 1 atom stereocenters. The maximum Gasteiger partial charge on any atom is 0.262 e. The number of hydrogen-bond acceptors (Lipinski definition) is 6. The molecule has 26 heavy (non-hydrogen) atoms. The topological polar surface area (TPSA) is 96.7 Å². The molecule has 3 rings (SSSR count). The Kier molecular flexibility index (Phi) is 5.24. The van der Waals surface area contributed by atoms with Gasteiger partial charge in [-0.15, -0.1) is 0 Å². The molecule has 0 aromatic heterocycles. The van der Waals surface area contributed by atoms with E-state index in [9.17, 15) is 8.42 Å². The summed E-state index contributed by atoms with van der Waals surface area (Å²) in [5, 5.41) is 3.37. The molecule has 2 aromatic carbocycles. The van der Waals surface area contributed by atoms with Gasteiger partial charge in [0.15, 0.2) is 0 Å². The number of hydrogen-bond donors (Lipinski definition) is 3. The third kappa shape index (κ3) is 3.86. The van der Waals surface area contributed by atoms with Crippen LogP contribution in [0.3, 0.4) is 0 Å². The third-order valence-electron chi connectivity index (χ3n) is 4.37. The molecule has 1 aliphatic rings. The van der Waals surface area contributed by atoms with Crippen LogP contribution < -0.4 is 25.4 Å². The van der Waals surface area contributed by atoms with Crippen molar-refractivity contribution in [3.63, 3.8) is 0 Å². The van der Waals surface area contributed by atoms with Crippen molar-refractivity contribution in [3.05, 3.63) is 42.5 Å². The Bertz CT molecular complexity index is 886. The molecule has 0 saturated carbocycles. The number of ether oxygens (including phenoxy) is 1. The standard InChI is InChI=1S/C18H24N4O3S/c1-13-12-22(10-9-20-13)17-8-7-14(11-15(17)19)26(23,24)21-16-5-3-4-6-18(16)25-2/h3-8,11,13,20-21H,9-10,12,19H2,1-2H3. The van der Waals surface area contributed by atoms with Crippen molar-refractivity contribution in [3.8, 4) is 5.75 Å². The van der Waals surface area contributed by atoms with Gasteiger partial charge in [-0.1, -0.05) is 12.1 Å². The number of nitrogen functional groups attached to an aromatic ring is 1. The first kappa shape index (κ1) is 18.3. The minimum absolute atomic E-state index is 0.118. The van der Waals surface area contributed by atoms with Gasteiger partial charge < -0.3 is 20.7 Å². The quantitative estimate of drug-likeness (QED) is 0.690. The molecule has 2 aromatic rings. The number of nitrogens with two attached hydrogens (primary N) is 1. The minimum Gasteiger partial charge on any atom is -0.495 e. The van der Waals surface area contributed by atoms with Gasteiger partial charge in [0.2, 0.25) is 0 Å². The number of anilines is 3. The Morgan fingerprint density at radius 3 is 2.73 bits per heavy atom. The summed E-state index contributed by atoms with van der Waals surface area (Å²) in [6.07, 6.45) is 0. The van der Waals surface area contributed by atoms with Gasteiger partial charge >= 0.3 is 0 Å². The Morgan fingerprint density at radius 1 is 1.27 bits per heavy atom. The minimum atomic E-state index is -3.77. The van der Waals surface area contributed by atoms with Crippen LogP contribution in [0.15, 0.2) is 47.4 Å². The van der Waals surface area contributed by atoms with Gasteiger partial charge in [-0.05, 0) is 37.3 Å². The Hall–Kier alpha value is -2.45. The molecule has 4 N–H and O–H groups in total. The summed E-state index contributed by atoms with van der Waals surface area (Å²) in [4.78, 5) is 2.29. The maximum atomic E-state index is 12.7. The average Bonchev–Trinajstić information content (AvgIpc) is 2.61. The maximum absolute atomic E-state index is 12.7. The summed E-state index contributed by atoms with van der Waals surface area (Å²) >= 11 is 0. The summed E-state index contributed by atoms with van der Waals surface area (Å²) in [5.74, 6) is 0.454. The smallest absolute Gasteiger partial charge is 0.262 e. The lowest BCUT2D eigenvalue weighted by Gasteiger charge is -2.34. The van der Waals surface area contributed by atoms with E-state index < -0.39 is 10.0 Å². The number of piperazine rings is 1. The lowest BCUT2D eigenvalue weighted by Crippen LogP contribution is -2.49. The first-order valence-electron chi connectivity index (χ1n) is 8.44. The molecule has 1 fully saturated rings. The monoisotopic (exact) mass is 376 g/mol. The highest BCUT2D eigenvalue weighted by Gasteiger charge is 2.21. The van der Waals surface area contributed by atoms with Crippen LogP contribution in [0.5, 0.6) is 5.75 Å². The van der Waals surface area contributed by atoms with E-state index in [1.165, 1.54) is 13.2 Å². The molecule has 8 heteroatoms. The summed E-state index contributed by atoms with van der Waals surface area (Å²) < 4.78 is 33.2. The normalized spacial score (nSPS) is 17.8. The number of methoxy groups -OCH3 is 1. The predicted molar refractivity (Wildman–Crippen MR) is 104 cm³/mol. The van der Waals surface area contributed by atoms with Crippen LogP contribution in [0.25, 0.3) is 0 Å². The Balaban J connectivity index is 1.85. The number of nitrogens with one attached hydrogen (secondary N) is 2. The highest BCUT2D eigenvalue weighted by atomic mass is 32.2. The molecule has 7 nitrogen and oxygen atoms in total. The molecule has 1 unspecified atom stereocenters. The van der Waals surface area contributed by atoms with Crippen LogP contribution in [-0.2, 0) is 10.0 Å². The number of nitrogens with zero attached hydrogens (tertiary/aromatic N) is 1. The zero-order valence-electron chi connectivity index (χ0n) is 14.9. The van der Waals surface area contributed by atoms with Crippen LogP contribution in [0.4, 0.5) is 17.1 Å². The lowest BCUT2D eigenvalue weighted by atomic mass is 10.2. The van der Waals surface area contributed by atoms with Crippen LogP contribution in [-0.4, -0.2) is 41.2 Å². The van der Waals surface area contributed by atoms with Crippen LogP contribution in [0.2, 0.25) is 0 Å². The van der Waals surface area contributed by atoms with Crippen molar-refractivity contribution in [2.24, 2.45) is 0 Å². The van der Waals surface area contributed by atoms with Crippen molar-refractivity contribution in [2.75, 3.05) is 42.1 Å². The second kappa shape index (κ2) is 7.43. The Labute approximate surface area is 154 Å². The molecule has 140 valence electrons. The van der Waals surface area contributed by atoms with E-state index in [2.05, 4.69) is 21.9 Å². The SMILES string of the molecule is COc1ccccc1NS(=O)(=O)c1ccc(N2CCNC(C)C2)c(N)c1. The molecule has 0 aliphatic carbocycles. The van der Waals surface area contributed by atoms with E-state index in [1.54, 1.807) is 36.4 Å². The van der Waals surface area contributed by atoms with Crippen molar-refractivity contribution >= 4 is 27.1 Å². The number of sulfonamides is 1. The zero-order valence-corrected chi connectivity index (χ0v) is 15.7. The van der Waals surface area contributed by atoms with E-state index in [0.717, 1.165) is 25.3 Å². The highest BCUT2D eigenvalue weighted by Crippen LogP contribution is 2.30. The summed E-state index contributed by atoms with van der Waals surface area (Å²) in [6, 6.07) is 12.1. The molecule has 0 bridgehead atoms. The summed E-state index contributed by atoms with van der Waals surface area (Å²) in [7, 11) is -2.27. The Morgan fingerprint density at radius 2 is 2.04 bits per heavy atom. The highest BCUT2D eigenvalue weighted by molar-refractivity contribution is 7.92. The lowest BCUT2D eigenvalue weighted by molar-refractivity contribution is 0.417. The van der Waals surface area contributed by atoms with Crippen LogP contribution in [0, 0.1) is 0 Å². The molecule has 0 spiro atoms. The second-order valence-corrected chi connectivity index (χ2v) is 8.01. The third-order valence-corrected chi connectivity index (χ3v) is 5.73. The van der Waals surface area contributed by atoms with Gasteiger partial charge in [0.05, 0.1) is 29.1 Å². The molecular weight excluding hydrogens is 352 g/mol. The van der Waals surface area contributed by atoms with Crippen molar-refractivity contribution in [1.82, 2.24) is 5.32 Å². The molecule has 0 amide bonds. The van der Waals surface area contributed by atoms with Gasteiger partial charge in [-0.3, -0.25) is 4.72 Å². The van der Waals surface area contributed by atoms with Gasteiger partial charge in [0, 0.05) is 25.7 Å². The van der Waals surface area contributed by atoms with E-state index in [4.69, 9.17) is 10.5 Å². The van der Waals surface area contributed by atoms with Crippen molar-refractivity contribution in [2.45, 2.75) is 17.9 Å². The van der Waals surface area contributed by atoms with Crippen molar-refractivity contribution < 1.29 is 13.2 Å². The van der Waals surface area contributed by atoms with E-state index >= 15 is 0 Å². The molecular formula is C18H24N4O3S. The number of para-hydroxylation sites is 2. The molecule has 1 aliphatic heterocycles. The number of benzene rings is 2. The number of rotatable bonds is 5. The van der Waals surface area contributed by atoms with Gasteiger partial charge in [-0.25, -0.2) is 8.42 Å². The average molecular weight is 376 g/mol. The van der Waals surface area contributed by atoms with Crippen molar-refractivity contribution in [1.29, 1.82) is 0 Å². The van der Waals surface area contributed by atoms with Gasteiger partial charge in [-0.2, -0.15) is 0 Å².